The highest BCUT2D eigenvalue weighted by Gasteiger charge is 2.28. The smallest absolute Gasteiger partial charge is 0.251 e. The molecular weight excluding hydrogens is 386 g/mol. The van der Waals surface area contributed by atoms with Crippen LogP contribution in [0.15, 0.2) is 23.1 Å². The van der Waals surface area contributed by atoms with Crippen LogP contribution in [0.2, 0.25) is 0 Å². The van der Waals surface area contributed by atoms with Gasteiger partial charge in [0.1, 0.15) is 0 Å². The number of nitrogens with one attached hydrogen (secondary N) is 2. The van der Waals surface area contributed by atoms with Gasteiger partial charge in [0.2, 0.25) is 10.0 Å². The predicted molar refractivity (Wildman–Crippen MR) is 109 cm³/mol. The lowest BCUT2D eigenvalue weighted by Gasteiger charge is -2.30. The summed E-state index contributed by atoms with van der Waals surface area (Å²) in [7, 11) is -3.54. The molecule has 0 aliphatic carbocycles. The van der Waals surface area contributed by atoms with Crippen molar-refractivity contribution in [3.8, 4) is 0 Å². The Labute approximate surface area is 168 Å². The van der Waals surface area contributed by atoms with Gasteiger partial charge in [0, 0.05) is 31.2 Å². The van der Waals surface area contributed by atoms with Crippen molar-refractivity contribution < 1.29 is 13.2 Å². The first-order chi connectivity index (χ1) is 12.4. The minimum atomic E-state index is -3.54. The predicted octanol–water partition coefficient (Wildman–Crippen LogP) is 2.32. The van der Waals surface area contributed by atoms with E-state index in [9.17, 15) is 13.2 Å². The summed E-state index contributed by atoms with van der Waals surface area (Å²) < 4.78 is 27.3. The van der Waals surface area contributed by atoms with Gasteiger partial charge in [0.25, 0.3) is 5.91 Å². The molecule has 1 amide bonds. The molecule has 8 heteroatoms. The van der Waals surface area contributed by atoms with Gasteiger partial charge in [-0.25, -0.2) is 8.42 Å². The Morgan fingerprint density at radius 3 is 2.59 bits per heavy atom. The van der Waals surface area contributed by atoms with Crippen LogP contribution in [-0.4, -0.2) is 50.9 Å². The van der Waals surface area contributed by atoms with Crippen LogP contribution in [0.5, 0.6) is 0 Å². The third-order valence-corrected chi connectivity index (χ3v) is 7.45. The second-order valence-electron chi connectivity index (χ2n) is 7.49. The Balaban J connectivity index is 0.00000261. The van der Waals surface area contributed by atoms with Crippen molar-refractivity contribution in [2.45, 2.75) is 50.5 Å². The number of piperidine rings is 2. The van der Waals surface area contributed by atoms with Crippen LogP contribution < -0.4 is 10.6 Å². The topological polar surface area (TPSA) is 78.5 Å². The van der Waals surface area contributed by atoms with Crippen molar-refractivity contribution in [1.29, 1.82) is 0 Å². The van der Waals surface area contributed by atoms with Gasteiger partial charge in [-0.15, -0.1) is 12.4 Å². The highest BCUT2D eigenvalue weighted by Crippen LogP contribution is 2.23. The molecule has 27 heavy (non-hydrogen) atoms. The van der Waals surface area contributed by atoms with Crippen molar-refractivity contribution in [2.24, 2.45) is 5.92 Å². The number of carbonyl (C=O) groups is 1. The van der Waals surface area contributed by atoms with Crippen molar-refractivity contribution in [3.63, 3.8) is 0 Å². The van der Waals surface area contributed by atoms with E-state index in [1.54, 1.807) is 12.1 Å². The summed E-state index contributed by atoms with van der Waals surface area (Å²) in [6.45, 7) is 6.81. The van der Waals surface area contributed by atoms with Crippen LogP contribution >= 0.6 is 12.4 Å². The molecule has 2 heterocycles. The van der Waals surface area contributed by atoms with Crippen LogP contribution in [0, 0.1) is 12.8 Å². The molecule has 1 aromatic carbocycles. The Morgan fingerprint density at radius 1 is 1.22 bits per heavy atom. The molecule has 2 saturated heterocycles. The zero-order valence-corrected chi connectivity index (χ0v) is 17.7. The Kier molecular flexibility index (Phi) is 7.68. The van der Waals surface area contributed by atoms with Crippen LogP contribution in [0.25, 0.3) is 0 Å². The van der Waals surface area contributed by atoms with Crippen molar-refractivity contribution in [1.82, 2.24) is 14.9 Å². The number of rotatable bonds is 4. The van der Waals surface area contributed by atoms with Crippen LogP contribution in [0.1, 0.15) is 48.5 Å². The quantitative estimate of drug-likeness (QED) is 0.791. The number of benzene rings is 1. The van der Waals surface area contributed by atoms with Crippen LogP contribution in [0.4, 0.5) is 0 Å². The van der Waals surface area contributed by atoms with Crippen molar-refractivity contribution >= 4 is 28.3 Å². The molecule has 0 aromatic heterocycles. The molecule has 2 N–H and O–H groups in total. The summed E-state index contributed by atoms with van der Waals surface area (Å²) in [4.78, 5) is 13.0. The van der Waals surface area contributed by atoms with Gasteiger partial charge < -0.3 is 10.6 Å². The maximum Gasteiger partial charge on any atom is 0.251 e. The molecule has 0 spiro atoms. The maximum absolute atomic E-state index is 12.9. The van der Waals surface area contributed by atoms with E-state index in [0.29, 0.717) is 24.6 Å². The highest BCUT2D eigenvalue weighted by atomic mass is 35.5. The van der Waals surface area contributed by atoms with E-state index in [-0.39, 0.29) is 29.3 Å². The number of nitrogens with zero attached hydrogens (tertiary/aromatic N) is 1. The molecule has 1 aromatic rings. The number of aryl methyl sites for hydroxylation is 1. The lowest BCUT2D eigenvalue weighted by atomic mass is 9.94. The summed E-state index contributed by atoms with van der Waals surface area (Å²) in [6.07, 6.45) is 3.88. The first-order valence-electron chi connectivity index (χ1n) is 9.52. The van der Waals surface area contributed by atoms with E-state index in [4.69, 9.17) is 0 Å². The number of hydrogen-bond acceptors (Lipinski definition) is 4. The standard InChI is InChI=1S/C19H29N3O3S.ClH/c1-14-6-7-16(26(24,25)22-10-4-3-5-11-22)12-17(14)19(23)21-18-13-20-9-8-15(18)2;/h6-7,12,15,18,20H,3-5,8-11,13H2,1-2H3,(H,21,23);1H. The molecular formula is C19H30ClN3O3S. The fourth-order valence-corrected chi connectivity index (χ4v) is 5.23. The molecule has 2 atom stereocenters. The first-order valence-corrected chi connectivity index (χ1v) is 11.0. The number of amides is 1. The van der Waals surface area contributed by atoms with E-state index in [2.05, 4.69) is 17.6 Å². The van der Waals surface area contributed by atoms with Gasteiger partial charge >= 0.3 is 0 Å². The monoisotopic (exact) mass is 415 g/mol. The summed E-state index contributed by atoms with van der Waals surface area (Å²) in [6, 6.07) is 4.95. The second-order valence-corrected chi connectivity index (χ2v) is 9.43. The molecule has 2 fully saturated rings. The van der Waals surface area contributed by atoms with Crippen LogP contribution in [-0.2, 0) is 10.0 Å². The molecule has 0 saturated carbocycles. The summed E-state index contributed by atoms with van der Waals surface area (Å²) in [5.74, 6) is 0.208. The summed E-state index contributed by atoms with van der Waals surface area (Å²) >= 11 is 0. The minimum absolute atomic E-state index is 0. The Hall–Kier alpha value is -1.15. The summed E-state index contributed by atoms with van der Waals surface area (Å²) in [5.41, 5.74) is 1.23. The van der Waals surface area contributed by atoms with Crippen LogP contribution in [0.3, 0.4) is 0 Å². The first kappa shape index (κ1) is 22.1. The van der Waals surface area contributed by atoms with Gasteiger partial charge in [-0.05, 0) is 56.3 Å². The van der Waals surface area contributed by atoms with Crippen molar-refractivity contribution in [2.75, 3.05) is 26.2 Å². The largest absolute Gasteiger partial charge is 0.348 e. The molecule has 6 nitrogen and oxygen atoms in total. The Bertz CT molecular complexity index is 763. The van der Waals surface area contributed by atoms with E-state index < -0.39 is 10.0 Å². The van der Waals surface area contributed by atoms with Crippen molar-refractivity contribution in [3.05, 3.63) is 29.3 Å². The second kappa shape index (κ2) is 9.37. The zero-order chi connectivity index (χ0) is 18.7. The molecule has 2 aliphatic heterocycles. The molecule has 0 bridgehead atoms. The fourth-order valence-electron chi connectivity index (χ4n) is 3.69. The van der Waals surface area contributed by atoms with E-state index in [1.807, 2.05) is 6.92 Å². The lowest BCUT2D eigenvalue weighted by Crippen LogP contribution is -2.50. The molecule has 2 unspecified atom stereocenters. The van der Waals surface area contributed by atoms with Gasteiger partial charge in [-0.2, -0.15) is 4.31 Å². The zero-order valence-electron chi connectivity index (χ0n) is 16.0. The molecule has 0 radical (unpaired) electrons. The normalized spacial score (nSPS) is 24.1. The number of hydrogen-bond donors (Lipinski definition) is 2. The number of halogens is 1. The fraction of sp³-hybridized carbons (Fsp3) is 0.632. The third-order valence-electron chi connectivity index (χ3n) is 5.55. The maximum atomic E-state index is 12.9. The van der Waals surface area contributed by atoms with Gasteiger partial charge in [-0.3, -0.25) is 4.79 Å². The Morgan fingerprint density at radius 2 is 1.93 bits per heavy atom. The molecule has 152 valence electrons. The molecule has 3 rings (SSSR count). The third kappa shape index (κ3) is 5.02. The average molecular weight is 416 g/mol. The average Bonchev–Trinajstić information content (AvgIpc) is 2.64. The lowest BCUT2D eigenvalue weighted by molar-refractivity contribution is 0.0914. The van der Waals surface area contributed by atoms with E-state index in [0.717, 1.165) is 44.3 Å². The van der Waals surface area contributed by atoms with E-state index >= 15 is 0 Å². The number of carbonyl (C=O) groups excluding carboxylic acids is 1. The van der Waals surface area contributed by atoms with Gasteiger partial charge in [0.15, 0.2) is 0 Å². The SMILES string of the molecule is Cc1ccc(S(=O)(=O)N2CCCCC2)cc1C(=O)NC1CNCCC1C.Cl. The minimum Gasteiger partial charge on any atom is -0.348 e. The number of sulfonamides is 1. The van der Waals surface area contributed by atoms with Gasteiger partial charge in [-0.1, -0.05) is 19.4 Å². The van der Waals surface area contributed by atoms with Gasteiger partial charge in [0.05, 0.1) is 4.90 Å². The highest BCUT2D eigenvalue weighted by molar-refractivity contribution is 7.89. The van der Waals surface area contributed by atoms with E-state index in [1.165, 1.54) is 10.4 Å². The summed E-state index contributed by atoms with van der Waals surface area (Å²) in [5, 5.41) is 6.37. The molecule has 2 aliphatic rings.